The Bertz CT molecular complexity index is 1510. The fourth-order valence-corrected chi connectivity index (χ4v) is 3.45. The van der Waals surface area contributed by atoms with Crippen LogP contribution in [0.5, 0.6) is 0 Å². The summed E-state index contributed by atoms with van der Waals surface area (Å²) in [5.74, 6) is -1.44. The highest BCUT2D eigenvalue weighted by molar-refractivity contribution is 6.05. The minimum absolute atomic E-state index is 0.0425. The van der Waals surface area contributed by atoms with Gasteiger partial charge in [0.25, 0.3) is 23.1 Å². The van der Waals surface area contributed by atoms with Crippen LogP contribution in [0.15, 0.2) is 89.7 Å². The Morgan fingerprint density at radius 1 is 0.914 bits per heavy atom. The Hall–Kier alpha value is -5.12. The van der Waals surface area contributed by atoms with Crippen LogP contribution in [0.3, 0.4) is 0 Å². The predicted molar refractivity (Wildman–Crippen MR) is 129 cm³/mol. The summed E-state index contributed by atoms with van der Waals surface area (Å²) in [7, 11) is 0. The number of benzene rings is 3. The summed E-state index contributed by atoms with van der Waals surface area (Å²) in [5, 5.41) is 16.0. The van der Waals surface area contributed by atoms with Gasteiger partial charge >= 0.3 is 0 Å². The van der Waals surface area contributed by atoms with E-state index in [1.165, 1.54) is 29.0 Å². The highest BCUT2D eigenvalue weighted by atomic mass is 16.6. The van der Waals surface area contributed by atoms with Gasteiger partial charge < -0.3 is 0 Å². The zero-order chi connectivity index (χ0) is 24.8. The molecule has 0 aliphatic heterocycles. The first-order chi connectivity index (χ1) is 16.9. The highest BCUT2D eigenvalue weighted by Gasteiger charge is 2.17. The number of nitro groups is 1. The lowest BCUT2D eigenvalue weighted by molar-refractivity contribution is -0.385. The predicted octanol–water partition coefficient (Wildman–Crippen LogP) is 2.83. The van der Waals surface area contributed by atoms with Crippen LogP contribution in [0.2, 0.25) is 0 Å². The monoisotopic (exact) mass is 469 g/mol. The van der Waals surface area contributed by atoms with Crippen molar-refractivity contribution in [1.29, 1.82) is 0 Å². The summed E-state index contributed by atoms with van der Waals surface area (Å²) in [4.78, 5) is 48.5. The van der Waals surface area contributed by atoms with Crippen molar-refractivity contribution in [1.82, 2.24) is 20.6 Å². The fourth-order valence-electron chi connectivity index (χ4n) is 3.45. The van der Waals surface area contributed by atoms with E-state index >= 15 is 0 Å². The van der Waals surface area contributed by atoms with Crippen molar-refractivity contribution in [3.05, 3.63) is 122 Å². The molecular weight excluding hydrogens is 450 g/mol. The second-order valence-electron chi connectivity index (χ2n) is 7.44. The summed E-state index contributed by atoms with van der Waals surface area (Å²) >= 11 is 0. The van der Waals surface area contributed by atoms with Gasteiger partial charge in [0.1, 0.15) is 0 Å². The lowest BCUT2D eigenvalue weighted by Crippen LogP contribution is -2.42. The molecule has 35 heavy (non-hydrogen) atoms. The lowest BCUT2D eigenvalue weighted by atomic mass is 10.1. The summed E-state index contributed by atoms with van der Waals surface area (Å²) in [5.41, 5.74) is 5.02. The molecule has 0 spiro atoms. The Labute approximate surface area is 198 Å². The minimum atomic E-state index is -0.726. The largest absolute Gasteiger partial charge is 0.290 e. The molecule has 10 nitrogen and oxygen atoms in total. The molecule has 2 N–H and O–H groups in total. The Kier molecular flexibility index (Phi) is 6.73. The fraction of sp³-hybridized carbons (Fsp3) is 0.0400. The summed E-state index contributed by atoms with van der Waals surface area (Å²) < 4.78 is 1.20. The van der Waals surface area contributed by atoms with E-state index in [1.807, 2.05) is 30.3 Å². The lowest BCUT2D eigenvalue weighted by Gasteiger charge is -2.11. The van der Waals surface area contributed by atoms with Gasteiger partial charge in [0.05, 0.1) is 22.4 Å². The highest BCUT2D eigenvalue weighted by Crippen LogP contribution is 2.19. The number of carbonyl (C=O) groups excluding carboxylic acids is 2. The third-order valence-electron chi connectivity index (χ3n) is 5.10. The Balaban J connectivity index is 1.55. The number of hydrogen-bond acceptors (Lipinski definition) is 6. The van der Waals surface area contributed by atoms with E-state index in [2.05, 4.69) is 16.0 Å². The van der Waals surface area contributed by atoms with Crippen molar-refractivity contribution >= 4 is 34.4 Å². The van der Waals surface area contributed by atoms with Gasteiger partial charge in [0, 0.05) is 17.5 Å². The molecule has 1 aromatic heterocycles. The molecule has 0 radical (unpaired) electrons. The molecule has 0 fully saturated rings. The summed E-state index contributed by atoms with van der Waals surface area (Å²) in [6.07, 6.45) is 2.33. The van der Waals surface area contributed by atoms with E-state index in [0.717, 1.165) is 11.6 Å². The molecule has 10 heteroatoms. The molecule has 174 valence electrons. The molecule has 0 atom stereocenters. The van der Waals surface area contributed by atoms with E-state index in [4.69, 9.17) is 0 Å². The van der Waals surface area contributed by atoms with Gasteiger partial charge in [0.2, 0.25) is 0 Å². The summed E-state index contributed by atoms with van der Waals surface area (Å²) in [6.45, 7) is 0.162. The van der Waals surface area contributed by atoms with Crippen LogP contribution in [0.4, 0.5) is 5.69 Å². The number of nitro benzene ring substituents is 1. The van der Waals surface area contributed by atoms with Crippen molar-refractivity contribution in [3.63, 3.8) is 0 Å². The number of nitrogens with zero attached hydrogens (tertiary/aromatic N) is 3. The van der Waals surface area contributed by atoms with Gasteiger partial charge in [-0.15, -0.1) is 0 Å². The van der Waals surface area contributed by atoms with E-state index in [9.17, 15) is 24.5 Å². The molecule has 4 aromatic rings. The molecule has 0 unspecified atom stereocenters. The SMILES string of the molecule is O=C(/C=C/c1ccccc1[N+](=O)[O-])NNC(=O)c1nn(Cc2ccccc2)c(=O)c2ccccc12. The van der Waals surface area contributed by atoms with Crippen LogP contribution in [-0.4, -0.2) is 26.5 Å². The number of para-hydroxylation sites is 1. The Morgan fingerprint density at radius 2 is 1.57 bits per heavy atom. The smallest absolute Gasteiger partial charge is 0.268 e. The van der Waals surface area contributed by atoms with Gasteiger partial charge in [-0.25, -0.2) is 4.68 Å². The van der Waals surface area contributed by atoms with Crippen molar-refractivity contribution in [2.45, 2.75) is 6.54 Å². The molecule has 0 aliphatic carbocycles. The number of rotatable bonds is 6. The summed E-state index contributed by atoms with van der Waals surface area (Å²) in [6, 6.07) is 21.7. The average molecular weight is 469 g/mol. The van der Waals surface area contributed by atoms with Gasteiger partial charge in [-0.1, -0.05) is 60.7 Å². The van der Waals surface area contributed by atoms with Crippen molar-refractivity contribution in [3.8, 4) is 0 Å². The maximum atomic E-state index is 12.9. The van der Waals surface area contributed by atoms with Gasteiger partial charge in [0.15, 0.2) is 5.69 Å². The number of carbonyl (C=O) groups is 2. The zero-order valence-electron chi connectivity index (χ0n) is 18.3. The molecule has 0 saturated heterocycles. The van der Waals surface area contributed by atoms with Gasteiger partial charge in [-0.05, 0) is 23.8 Å². The molecule has 3 aromatic carbocycles. The topological polar surface area (TPSA) is 136 Å². The second-order valence-corrected chi connectivity index (χ2v) is 7.44. The van der Waals surface area contributed by atoms with Crippen LogP contribution in [-0.2, 0) is 11.3 Å². The number of amides is 2. The number of hydrazine groups is 1. The third-order valence-corrected chi connectivity index (χ3v) is 5.10. The second kappa shape index (κ2) is 10.2. The zero-order valence-corrected chi connectivity index (χ0v) is 18.3. The molecule has 1 heterocycles. The maximum absolute atomic E-state index is 12.9. The molecule has 4 rings (SSSR count). The first-order valence-electron chi connectivity index (χ1n) is 10.5. The number of nitrogens with one attached hydrogen (secondary N) is 2. The van der Waals surface area contributed by atoms with E-state index in [0.29, 0.717) is 10.8 Å². The van der Waals surface area contributed by atoms with E-state index in [-0.39, 0.29) is 29.0 Å². The molecule has 0 aliphatic rings. The van der Waals surface area contributed by atoms with Crippen LogP contribution in [0, 0.1) is 10.1 Å². The standard InChI is InChI=1S/C25H19N5O5/c31-22(15-14-18-10-4-7-13-21(18)30(34)35)26-27-24(32)23-19-11-5-6-12-20(19)25(33)29(28-23)16-17-8-2-1-3-9-17/h1-15H,16H2,(H,26,31)(H,27,32)/b15-14+. The normalized spacial score (nSPS) is 10.9. The molecule has 2 amide bonds. The minimum Gasteiger partial charge on any atom is -0.268 e. The van der Waals surface area contributed by atoms with E-state index < -0.39 is 16.7 Å². The maximum Gasteiger partial charge on any atom is 0.290 e. The van der Waals surface area contributed by atoms with Gasteiger partial charge in [-0.2, -0.15) is 5.10 Å². The third kappa shape index (κ3) is 5.28. The number of fused-ring (bicyclic) bond motifs is 1. The first kappa shape index (κ1) is 23.1. The Morgan fingerprint density at radius 3 is 2.31 bits per heavy atom. The first-order valence-corrected chi connectivity index (χ1v) is 10.5. The van der Waals surface area contributed by atoms with Crippen molar-refractivity contribution in [2.24, 2.45) is 0 Å². The van der Waals surface area contributed by atoms with Crippen LogP contribution < -0.4 is 16.4 Å². The van der Waals surface area contributed by atoms with Crippen molar-refractivity contribution < 1.29 is 14.5 Å². The van der Waals surface area contributed by atoms with E-state index in [1.54, 1.807) is 30.3 Å². The van der Waals surface area contributed by atoms with Crippen molar-refractivity contribution in [2.75, 3.05) is 0 Å². The molecule has 0 saturated carbocycles. The number of hydrogen-bond donors (Lipinski definition) is 2. The molecular formula is C25H19N5O5. The van der Waals surface area contributed by atoms with Crippen LogP contribution in [0.1, 0.15) is 21.6 Å². The number of aromatic nitrogens is 2. The quantitative estimate of drug-likeness (QED) is 0.253. The van der Waals surface area contributed by atoms with Crippen LogP contribution >= 0.6 is 0 Å². The van der Waals surface area contributed by atoms with Gasteiger partial charge in [-0.3, -0.25) is 35.3 Å². The average Bonchev–Trinajstić information content (AvgIpc) is 2.88. The van der Waals surface area contributed by atoms with Crippen LogP contribution in [0.25, 0.3) is 16.8 Å². The molecule has 0 bridgehead atoms.